The Labute approximate surface area is 116 Å². The second-order valence-corrected chi connectivity index (χ2v) is 5.61. The number of morpholine rings is 1. The molecule has 5 heteroatoms. The summed E-state index contributed by atoms with van der Waals surface area (Å²) in [6.45, 7) is 5.25. The van der Waals surface area contributed by atoms with Crippen LogP contribution in [0.3, 0.4) is 0 Å². The topological polar surface area (TPSA) is 58.8 Å². The van der Waals surface area contributed by atoms with Crippen molar-refractivity contribution in [1.82, 2.24) is 9.80 Å². The normalized spacial score (nSPS) is 26.8. The maximum atomic E-state index is 12.3. The number of rotatable bonds is 3. The van der Waals surface area contributed by atoms with E-state index in [1.54, 1.807) is 0 Å². The molecule has 0 aromatic carbocycles. The maximum Gasteiger partial charge on any atom is 0.236 e. The highest BCUT2D eigenvalue weighted by molar-refractivity contribution is 5.78. The summed E-state index contributed by atoms with van der Waals surface area (Å²) >= 11 is 0. The van der Waals surface area contributed by atoms with E-state index in [9.17, 15) is 4.79 Å². The van der Waals surface area contributed by atoms with Crippen molar-refractivity contribution in [2.45, 2.75) is 38.2 Å². The molecule has 5 nitrogen and oxygen atoms in total. The molecule has 1 atom stereocenters. The number of amides is 1. The van der Waals surface area contributed by atoms with Crippen LogP contribution in [-0.4, -0.2) is 67.7 Å². The van der Waals surface area contributed by atoms with E-state index in [1.165, 1.54) is 19.3 Å². The van der Waals surface area contributed by atoms with E-state index in [0.717, 1.165) is 39.0 Å². The van der Waals surface area contributed by atoms with Gasteiger partial charge in [-0.1, -0.05) is 19.3 Å². The first-order valence-corrected chi connectivity index (χ1v) is 7.61. The van der Waals surface area contributed by atoms with Crippen LogP contribution < -0.4 is 5.73 Å². The third-order valence-corrected chi connectivity index (χ3v) is 4.05. The van der Waals surface area contributed by atoms with Gasteiger partial charge < -0.3 is 15.4 Å². The molecule has 0 radical (unpaired) electrons. The lowest BCUT2D eigenvalue weighted by Gasteiger charge is -2.33. The first-order valence-electron chi connectivity index (χ1n) is 7.61. The molecule has 0 aromatic heterocycles. The first-order chi connectivity index (χ1) is 9.29. The Morgan fingerprint density at radius 2 is 1.79 bits per heavy atom. The van der Waals surface area contributed by atoms with E-state index in [-0.39, 0.29) is 12.0 Å². The van der Waals surface area contributed by atoms with Crippen molar-refractivity contribution in [2.75, 3.05) is 45.9 Å². The number of nitrogens with two attached hydrogens (primary N) is 1. The fraction of sp³-hybridized carbons (Fsp3) is 0.929. The molecule has 2 aliphatic heterocycles. The highest BCUT2D eigenvalue weighted by Crippen LogP contribution is 2.11. The molecule has 1 amide bonds. The summed E-state index contributed by atoms with van der Waals surface area (Å²) < 4.78 is 5.53. The van der Waals surface area contributed by atoms with Gasteiger partial charge in [-0.25, -0.2) is 0 Å². The molecule has 0 aromatic rings. The molecule has 2 fully saturated rings. The smallest absolute Gasteiger partial charge is 0.236 e. The van der Waals surface area contributed by atoms with E-state index >= 15 is 0 Å². The summed E-state index contributed by atoms with van der Waals surface area (Å²) in [5.41, 5.74) is 5.63. The zero-order valence-electron chi connectivity index (χ0n) is 11.9. The Balaban J connectivity index is 1.78. The number of carbonyl (C=O) groups is 1. The van der Waals surface area contributed by atoms with Crippen molar-refractivity contribution >= 4 is 5.91 Å². The lowest BCUT2D eigenvalue weighted by Crippen LogP contribution is -2.50. The van der Waals surface area contributed by atoms with Crippen LogP contribution in [0.25, 0.3) is 0 Å². The largest absolute Gasteiger partial charge is 0.374 e. The van der Waals surface area contributed by atoms with E-state index in [2.05, 4.69) is 4.90 Å². The Hall–Kier alpha value is -0.650. The lowest BCUT2D eigenvalue weighted by molar-refractivity contribution is -0.134. The minimum Gasteiger partial charge on any atom is -0.374 e. The van der Waals surface area contributed by atoms with E-state index in [0.29, 0.717) is 19.7 Å². The minimum atomic E-state index is 0.0916. The van der Waals surface area contributed by atoms with Crippen LogP contribution in [0, 0.1) is 0 Å². The van der Waals surface area contributed by atoms with Gasteiger partial charge in [-0.3, -0.25) is 9.69 Å². The van der Waals surface area contributed by atoms with Crippen LogP contribution in [0.5, 0.6) is 0 Å². The fourth-order valence-corrected chi connectivity index (χ4v) is 2.85. The standard InChI is InChI=1S/C14H27N3O2/c15-10-13-11-16(8-9-19-13)12-14(18)17-6-4-2-1-3-5-7-17/h13H,1-12,15H2. The van der Waals surface area contributed by atoms with Crippen LogP contribution in [0.1, 0.15) is 32.1 Å². The van der Waals surface area contributed by atoms with Gasteiger partial charge in [-0.2, -0.15) is 0 Å². The van der Waals surface area contributed by atoms with Gasteiger partial charge in [0.1, 0.15) is 0 Å². The van der Waals surface area contributed by atoms with Crippen molar-refractivity contribution < 1.29 is 9.53 Å². The van der Waals surface area contributed by atoms with Gasteiger partial charge in [0.2, 0.25) is 5.91 Å². The van der Waals surface area contributed by atoms with E-state index < -0.39 is 0 Å². The SMILES string of the molecule is NCC1CN(CC(=O)N2CCCCCCC2)CCO1. The number of hydrogen-bond acceptors (Lipinski definition) is 4. The summed E-state index contributed by atoms with van der Waals surface area (Å²) in [5, 5.41) is 0. The Bertz CT molecular complexity index is 278. The van der Waals surface area contributed by atoms with Crippen molar-refractivity contribution in [1.29, 1.82) is 0 Å². The third-order valence-electron chi connectivity index (χ3n) is 4.05. The highest BCUT2D eigenvalue weighted by atomic mass is 16.5. The first kappa shape index (κ1) is 14.8. The average Bonchev–Trinajstić information content (AvgIpc) is 2.38. The quantitative estimate of drug-likeness (QED) is 0.807. The monoisotopic (exact) mass is 269 g/mol. The summed E-state index contributed by atoms with van der Waals surface area (Å²) in [7, 11) is 0. The number of nitrogens with zero attached hydrogens (tertiary/aromatic N) is 2. The maximum absolute atomic E-state index is 12.3. The molecule has 1 unspecified atom stereocenters. The van der Waals surface area contributed by atoms with Crippen LogP contribution in [0.15, 0.2) is 0 Å². The predicted octanol–water partition coefficient (Wildman–Crippen LogP) is 0.439. The van der Waals surface area contributed by atoms with Crippen molar-refractivity contribution in [3.05, 3.63) is 0 Å². The average molecular weight is 269 g/mol. The minimum absolute atomic E-state index is 0.0916. The van der Waals surface area contributed by atoms with Gasteiger partial charge in [-0.15, -0.1) is 0 Å². The molecule has 2 rings (SSSR count). The molecular formula is C14H27N3O2. The number of likely N-dealkylation sites (tertiary alicyclic amines) is 1. The lowest BCUT2D eigenvalue weighted by atomic mass is 10.1. The van der Waals surface area contributed by atoms with Crippen LogP contribution in [0.4, 0.5) is 0 Å². The Kier molecular flexibility index (Phi) is 6.07. The zero-order chi connectivity index (χ0) is 13.5. The van der Waals surface area contributed by atoms with Crippen LogP contribution in [0.2, 0.25) is 0 Å². The summed E-state index contributed by atoms with van der Waals surface area (Å²) in [6, 6.07) is 0. The van der Waals surface area contributed by atoms with Gasteiger partial charge in [0, 0.05) is 32.7 Å². The molecule has 0 bridgehead atoms. The molecular weight excluding hydrogens is 242 g/mol. The van der Waals surface area contributed by atoms with Gasteiger partial charge in [0.05, 0.1) is 19.3 Å². The second kappa shape index (κ2) is 7.82. The molecule has 0 saturated carbocycles. The van der Waals surface area contributed by atoms with Gasteiger partial charge >= 0.3 is 0 Å². The van der Waals surface area contributed by atoms with Crippen molar-refractivity contribution in [2.24, 2.45) is 5.73 Å². The van der Waals surface area contributed by atoms with Crippen molar-refractivity contribution in [3.8, 4) is 0 Å². The molecule has 2 saturated heterocycles. The Morgan fingerprint density at radius 1 is 1.11 bits per heavy atom. The summed E-state index contributed by atoms with van der Waals surface area (Å²) in [4.78, 5) is 16.6. The fourth-order valence-electron chi connectivity index (χ4n) is 2.85. The summed E-state index contributed by atoms with van der Waals surface area (Å²) in [6.07, 6.45) is 6.24. The Morgan fingerprint density at radius 3 is 2.47 bits per heavy atom. The summed E-state index contributed by atoms with van der Waals surface area (Å²) in [5.74, 6) is 0.277. The second-order valence-electron chi connectivity index (χ2n) is 5.61. The molecule has 0 spiro atoms. The van der Waals surface area contributed by atoms with Crippen LogP contribution in [-0.2, 0) is 9.53 Å². The van der Waals surface area contributed by atoms with Crippen molar-refractivity contribution in [3.63, 3.8) is 0 Å². The molecule has 19 heavy (non-hydrogen) atoms. The molecule has 2 heterocycles. The van der Waals surface area contributed by atoms with E-state index in [4.69, 9.17) is 10.5 Å². The van der Waals surface area contributed by atoms with Gasteiger partial charge in [0.25, 0.3) is 0 Å². The van der Waals surface area contributed by atoms with E-state index in [1.807, 2.05) is 4.90 Å². The van der Waals surface area contributed by atoms with Gasteiger partial charge in [-0.05, 0) is 12.8 Å². The molecule has 2 aliphatic rings. The predicted molar refractivity (Wildman–Crippen MR) is 74.9 cm³/mol. The van der Waals surface area contributed by atoms with Crippen LogP contribution >= 0.6 is 0 Å². The number of hydrogen-bond donors (Lipinski definition) is 1. The molecule has 2 N–H and O–H groups in total. The third kappa shape index (κ3) is 4.75. The highest BCUT2D eigenvalue weighted by Gasteiger charge is 2.23. The molecule has 0 aliphatic carbocycles. The zero-order valence-corrected chi connectivity index (χ0v) is 11.9. The molecule has 110 valence electrons. The number of ether oxygens (including phenoxy) is 1. The number of carbonyl (C=O) groups excluding carboxylic acids is 1. The van der Waals surface area contributed by atoms with Gasteiger partial charge in [0.15, 0.2) is 0 Å².